The second-order valence-corrected chi connectivity index (χ2v) is 4.16. The monoisotopic (exact) mass is 265 g/mol. The molecule has 0 aliphatic rings. The van der Waals surface area contributed by atoms with Crippen molar-refractivity contribution in [2.75, 3.05) is 5.73 Å². The van der Waals surface area contributed by atoms with E-state index >= 15 is 0 Å². The van der Waals surface area contributed by atoms with Crippen LogP contribution in [-0.4, -0.2) is 0 Å². The summed E-state index contributed by atoms with van der Waals surface area (Å²) >= 11 is 3.35. The molecule has 2 aromatic rings. The molecule has 0 bridgehead atoms. The number of anilines is 1. The van der Waals surface area contributed by atoms with Crippen LogP contribution in [0.2, 0.25) is 0 Å². The normalized spacial score (nSPS) is 10.3. The Balaban J connectivity index is 2.45. The van der Waals surface area contributed by atoms with E-state index in [9.17, 15) is 4.39 Å². The molecule has 0 saturated carbocycles. The summed E-state index contributed by atoms with van der Waals surface area (Å²) < 4.78 is 14.2. The smallest absolute Gasteiger partial charge is 0.146 e. The highest BCUT2D eigenvalue weighted by Gasteiger charge is 2.01. The molecule has 0 heterocycles. The van der Waals surface area contributed by atoms with Gasteiger partial charge < -0.3 is 5.73 Å². The molecular formula is C12H9BrFN. The number of benzene rings is 2. The highest BCUT2D eigenvalue weighted by Crippen LogP contribution is 2.24. The highest BCUT2D eigenvalue weighted by atomic mass is 79.9. The summed E-state index contributed by atoms with van der Waals surface area (Å²) in [5, 5.41) is 0. The van der Waals surface area contributed by atoms with Gasteiger partial charge in [0.1, 0.15) is 5.82 Å². The number of hydrogen-bond acceptors (Lipinski definition) is 1. The Hall–Kier alpha value is -1.35. The predicted molar refractivity (Wildman–Crippen MR) is 63.9 cm³/mol. The van der Waals surface area contributed by atoms with Crippen LogP contribution in [-0.2, 0) is 0 Å². The molecule has 0 aromatic heterocycles. The van der Waals surface area contributed by atoms with Crippen molar-refractivity contribution in [3.8, 4) is 11.1 Å². The minimum atomic E-state index is -0.379. The first kappa shape index (κ1) is 10.2. The maximum Gasteiger partial charge on any atom is 0.146 e. The maximum atomic E-state index is 13.2. The van der Waals surface area contributed by atoms with Gasteiger partial charge in [-0.05, 0) is 35.4 Å². The Kier molecular flexibility index (Phi) is 2.73. The van der Waals surface area contributed by atoms with Crippen molar-refractivity contribution in [3.05, 3.63) is 52.8 Å². The minimum Gasteiger partial charge on any atom is -0.396 e. The molecule has 3 heteroatoms. The van der Waals surface area contributed by atoms with Gasteiger partial charge in [-0.25, -0.2) is 4.39 Å². The summed E-state index contributed by atoms with van der Waals surface area (Å²) in [7, 11) is 0. The topological polar surface area (TPSA) is 26.0 Å². The zero-order valence-corrected chi connectivity index (χ0v) is 9.46. The quantitative estimate of drug-likeness (QED) is 0.780. The lowest BCUT2D eigenvalue weighted by Gasteiger charge is -2.03. The van der Waals surface area contributed by atoms with Crippen molar-refractivity contribution in [2.45, 2.75) is 0 Å². The van der Waals surface area contributed by atoms with Crippen LogP contribution in [0.3, 0.4) is 0 Å². The maximum absolute atomic E-state index is 13.2. The number of nitrogen functional groups attached to an aromatic ring is 1. The summed E-state index contributed by atoms with van der Waals surface area (Å²) in [6, 6.07) is 12.5. The lowest BCUT2D eigenvalue weighted by atomic mass is 10.1. The Bertz CT molecular complexity index is 479. The van der Waals surface area contributed by atoms with E-state index in [0.717, 1.165) is 15.6 Å². The molecule has 1 nitrogen and oxygen atoms in total. The predicted octanol–water partition coefficient (Wildman–Crippen LogP) is 3.84. The van der Waals surface area contributed by atoms with Crippen molar-refractivity contribution in [1.29, 1.82) is 0 Å². The van der Waals surface area contributed by atoms with Gasteiger partial charge in [0.25, 0.3) is 0 Å². The van der Waals surface area contributed by atoms with Crippen molar-refractivity contribution in [3.63, 3.8) is 0 Å². The van der Waals surface area contributed by atoms with Crippen molar-refractivity contribution < 1.29 is 4.39 Å². The molecular weight excluding hydrogens is 257 g/mol. The second kappa shape index (κ2) is 4.03. The van der Waals surface area contributed by atoms with Gasteiger partial charge in [-0.3, -0.25) is 0 Å². The minimum absolute atomic E-state index is 0.177. The van der Waals surface area contributed by atoms with Crippen LogP contribution >= 0.6 is 15.9 Å². The van der Waals surface area contributed by atoms with Crippen LogP contribution < -0.4 is 5.73 Å². The highest BCUT2D eigenvalue weighted by molar-refractivity contribution is 9.10. The van der Waals surface area contributed by atoms with E-state index < -0.39 is 0 Å². The number of hydrogen-bond donors (Lipinski definition) is 1. The third-order valence-corrected chi connectivity index (χ3v) is 2.71. The largest absolute Gasteiger partial charge is 0.396 e. The molecule has 0 radical (unpaired) electrons. The van der Waals surface area contributed by atoms with E-state index in [1.54, 1.807) is 6.07 Å². The van der Waals surface area contributed by atoms with Crippen LogP contribution in [0.15, 0.2) is 46.9 Å². The zero-order valence-electron chi connectivity index (χ0n) is 7.87. The lowest BCUT2D eigenvalue weighted by Crippen LogP contribution is -1.90. The summed E-state index contributed by atoms with van der Waals surface area (Å²) in [5.41, 5.74) is 7.38. The number of halogens is 2. The van der Waals surface area contributed by atoms with E-state index in [1.807, 2.05) is 30.3 Å². The van der Waals surface area contributed by atoms with Crippen molar-refractivity contribution in [1.82, 2.24) is 0 Å². The molecule has 0 unspecified atom stereocenters. The van der Waals surface area contributed by atoms with Crippen LogP contribution in [0.5, 0.6) is 0 Å². The number of nitrogens with two attached hydrogens (primary N) is 1. The van der Waals surface area contributed by atoms with Crippen LogP contribution in [0.25, 0.3) is 11.1 Å². The Labute approximate surface area is 95.9 Å². The van der Waals surface area contributed by atoms with Crippen molar-refractivity contribution >= 4 is 21.6 Å². The van der Waals surface area contributed by atoms with E-state index in [1.165, 1.54) is 6.07 Å². The fourth-order valence-corrected chi connectivity index (χ4v) is 1.61. The summed E-state index contributed by atoms with van der Waals surface area (Å²) in [4.78, 5) is 0. The van der Waals surface area contributed by atoms with E-state index in [2.05, 4.69) is 15.9 Å². The van der Waals surface area contributed by atoms with Gasteiger partial charge in [0.2, 0.25) is 0 Å². The number of rotatable bonds is 1. The van der Waals surface area contributed by atoms with E-state index in [-0.39, 0.29) is 11.5 Å². The van der Waals surface area contributed by atoms with E-state index in [0.29, 0.717) is 0 Å². The Morgan fingerprint density at radius 2 is 1.53 bits per heavy atom. The fourth-order valence-electron chi connectivity index (χ4n) is 1.35. The Morgan fingerprint density at radius 1 is 0.933 bits per heavy atom. The summed E-state index contributed by atoms with van der Waals surface area (Å²) in [5.74, 6) is -0.379. The summed E-state index contributed by atoms with van der Waals surface area (Å²) in [6.45, 7) is 0. The molecule has 15 heavy (non-hydrogen) atoms. The molecule has 0 atom stereocenters. The molecule has 0 amide bonds. The molecule has 2 N–H and O–H groups in total. The first-order chi connectivity index (χ1) is 7.16. The molecule has 76 valence electrons. The van der Waals surface area contributed by atoms with Gasteiger partial charge >= 0.3 is 0 Å². The molecule has 0 fully saturated rings. The third kappa shape index (κ3) is 2.18. The molecule has 2 aromatic carbocycles. The fraction of sp³-hybridized carbons (Fsp3) is 0. The van der Waals surface area contributed by atoms with Gasteiger partial charge in [0, 0.05) is 4.47 Å². The molecule has 0 spiro atoms. The molecule has 0 aliphatic heterocycles. The van der Waals surface area contributed by atoms with Gasteiger partial charge in [-0.15, -0.1) is 0 Å². The molecule has 0 saturated heterocycles. The standard InChI is InChI=1S/C12H9BrFN/c13-10-4-1-8(2-5-10)9-3-6-12(15)11(14)7-9/h1-7H,15H2. The first-order valence-corrected chi connectivity index (χ1v) is 5.27. The van der Waals surface area contributed by atoms with Gasteiger partial charge in [0.05, 0.1) is 5.69 Å². The van der Waals surface area contributed by atoms with Gasteiger partial charge in [-0.1, -0.05) is 34.1 Å². The average Bonchev–Trinajstić information content (AvgIpc) is 2.23. The molecule has 0 aliphatic carbocycles. The first-order valence-electron chi connectivity index (χ1n) is 4.48. The van der Waals surface area contributed by atoms with Crippen LogP contribution in [0.1, 0.15) is 0 Å². The average molecular weight is 266 g/mol. The second-order valence-electron chi connectivity index (χ2n) is 3.24. The van der Waals surface area contributed by atoms with Gasteiger partial charge in [0.15, 0.2) is 0 Å². The molecule has 2 rings (SSSR count). The Morgan fingerprint density at radius 3 is 2.13 bits per heavy atom. The van der Waals surface area contributed by atoms with E-state index in [4.69, 9.17) is 5.73 Å². The summed E-state index contributed by atoms with van der Waals surface area (Å²) in [6.07, 6.45) is 0. The van der Waals surface area contributed by atoms with Crippen molar-refractivity contribution in [2.24, 2.45) is 0 Å². The SMILES string of the molecule is Nc1ccc(-c2ccc(Br)cc2)cc1F. The van der Waals surface area contributed by atoms with Gasteiger partial charge in [-0.2, -0.15) is 0 Å². The lowest BCUT2D eigenvalue weighted by molar-refractivity contribution is 0.633. The zero-order chi connectivity index (χ0) is 10.8. The van der Waals surface area contributed by atoms with Crippen LogP contribution in [0, 0.1) is 5.82 Å². The third-order valence-electron chi connectivity index (χ3n) is 2.18. The van der Waals surface area contributed by atoms with Crippen LogP contribution in [0.4, 0.5) is 10.1 Å².